The molecule has 112 valence electrons. The maximum atomic E-state index is 14.4. The van der Waals surface area contributed by atoms with Gasteiger partial charge in [-0.2, -0.15) is 0 Å². The minimum atomic E-state index is -0.496. The number of aliphatic hydroxyl groups excluding tert-OH is 1. The number of aromatic nitrogens is 1. The van der Waals surface area contributed by atoms with Crippen molar-refractivity contribution in [1.29, 1.82) is 0 Å². The van der Waals surface area contributed by atoms with Crippen molar-refractivity contribution in [3.05, 3.63) is 33.7 Å². The Morgan fingerprint density at radius 1 is 1.52 bits per heavy atom. The van der Waals surface area contributed by atoms with E-state index >= 15 is 0 Å². The molecule has 6 heteroatoms. The predicted octanol–water partition coefficient (Wildman–Crippen LogP) is 2.35. The largest absolute Gasteiger partial charge is 0.387 e. The van der Waals surface area contributed by atoms with Crippen LogP contribution in [0.25, 0.3) is 10.9 Å². The first kappa shape index (κ1) is 14.5. The number of hydrogen-bond acceptors (Lipinski definition) is 2. The maximum Gasteiger partial charge on any atom is 0.248 e. The molecule has 1 amide bonds. The second kappa shape index (κ2) is 5.10. The third-order valence-electron chi connectivity index (χ3n) is 4.29. The van der Waals surface area contributed by atoms with Crippen LogP contribution in [0.3, 0.4) is 0 Å². The van der Waals surface area contributed by atoms with Crippen LogP contribution in [0.4, 0.5) is 4.39 Å². The fourth-order valence-corrected chi connectivity index (χ4v) is 3.50. The van der Waals surface area contributed by atoms with E-state index in [2.05, 4.69) is 15.9 Å². The topological polar surface area (TPSA) is 45.5 Å². The molecule has 0 saturated heterocycles. The van der Waals surface area contributed by atoms with E-state index in [4.69, 9.17) is 5.11 Å². The highest BCUT2D eigenvalue weighted by atomic mass is 79.9. The number of hydrogen-bond donors (Lipinski definition) is 1. The second-order valence-electron chi connectivity index (χ2n) is 5.47. The lowest BCUT2D eigenvalue weighted by atomic mass is 9.99. The van der Waals surface area contributed by atoms with Crippen molar-refractivity contribution >= 4 is 32.7 Å². The summed E-state index contributed by atoms with van der Waals surface area (Å²) >= 11 is 3.22. The van der Waals surface area contributed by atoms with Crippen molar-refractivity contribution in [2.45, 2.75) is 25.9 Å². The van der Waals surface area contributed by atoms with E-state index < -0.39 is 6.61 Å². The van der Waals surface area contributed by atoms with E-state index in [0.29, 0.717) is 23.0 Å². The van der Waals surface area contributed by atoms with Gasteiger partial charge in [0, 0.05) is 42.7 Å². The lowest BCUT2D eigenvalue weighted by Gasteiger charge is -2.33. The van der Waals surface area contributed by atoms with Crippen LogP contribution < -0.4 is 0 Å². The van der Waals surface area contributed by atoms with Gasteiger partial charge in [0.2, 0.25) is 5.91 Å². The van der Waals surface area contributed by atoms with Crippen LogP contribution in [0.2, 0.25) is 0 Å². The van der Waals surface area contributed by atoms with Crippen LogP contribution in [-0.4, -0.2) is 33.1 Å². The van der Waals surface area contributed by atoms with E-state index in [9.17, 15) is 9.18 Å². The summed E-state index contributed by atoms with van der Waals surface area (Å²) in [4.78, 5) is 13.5. The van der Waals surface area contributed by atoms with Gasteiger partial charge < -0.3 is 14.6 Å². The molecule has 2 heterocycles. The fourth-order valence-electron chi connectivity index (χ4n) is 3.18. The van der Waals surface area contributed by atoms with Gasteiger partial charge in [-0.1, -0.05) is 6.07 Å². The van der Waals surface area contributed by atoms with E-state index in [-0.39, 0.29) is 17.8 Å². The minimum Gasteiger partial charge on any atom is -0.387 e. The van der Waals surface area contributed by atoms with Gasteiger partial charge in [0.25, 0.3) is 0 Å². The number of nitrogens with zero attached hydrogens (tertiary/aromatic N) is 2. The normalized spacial score (nSPS) is 18.1. The Hall–Kier alpha value is -1.40. The molecule has 1 aromatic heterocycles. The summed E-state index contributed by atoms with van der Waals surface area (Å²) in [6.07, 6.45) is 0.656. The predicted molar refractivity (Wildman–Crippen MR) is 81.4 cm³/mol. The first-order valence-electron chi connectivity index (χ1n) is 6.80. The van der Waals surface area contributed by atoms with Gasteiger partial charge in [-0.3, -0.25) is 4.79 Å². The third-order valence-corrected chi connectivity index (χ3v) is 4.90. The summed E-state index contributed by atoms with van der Waals surface area (Å²) < 4.78 is 16.7. The van der Waals surface area contributed by atoms with Crippen molar-refractivity contribution < 1.29 is 14.3 Å². The van der Waals surface area contributed by atoms with Crippen LogP contribution in [0.1, 0.15) is 18.2 Å². The molecule has 0 spiro atoms. The first-order chi connectivity index (χ1) is 9.95. The van der Waals surface area contributed by atoms with Crippen molar-refractivity contribution in [1.82, 2.24) is 9.47 Å². The zero-order valence-corrected chi connectivity index (χ0v) is 13.4. The number of carbonyl (C=O) groups is 1. The fraction of sp³-hybridized carbons (Fsp3) is 0.400. The summed E-state index contributed by atoms with van der Waals surface area (Å²) in [5.74, 6) is -0.570. The quantitative estimate of drug-likeness (QED) is 0.854. The van der Waals surface area contributed by atoms with Crippen molar-refractivity contribution in [2.24, 2.45) is 7.05 Å². The highest BCUT2D eigenvalue weighted by Gasteiger charge is 2.31. The van der Waals surface area contributed by atoms with Crippen LogP contribution in [0.5, 0.6) is 0 Å². The van der Waals surface area contributed by atoms with Gasteiger partial charge in [-0.15, -0.1) is 0 Å². The number of benzene rings is 1. The van der Waals surface area contributed by atoms with Crippen LogP contribution >= 0.6 is 15.9 Å². The zero-order valence-electron chi connectivity index (χ0n) is 11.9. The third kappa shape index (κ3) is 2.08. The summed E-state index contributed by atoms with van der Waals surface area (Å²) in [6, 6.07) is 3.55. The summed E-state index contributed by atoms with van der Waals surface area (Å²) in [5, 5.41) is 9.92. The molecule has 1 atom stereocenters. The molecule has 0 radical (unpaired) electrons. The number of aryl methyl sites for hydroxylation is 1. The zero-order chi connectivity index (χ0) is 15.3. The van der Waals surface area contributed by atoms with Gasteiger partial charge in [0.05, 0.1) is 9.99 Å². The van der Waals surface area contributed by atoms with Crippen molar-refractivity contribution in [3.63, 3.8) is 0 Å². The lowest BCUT2D eigenvalue weighted by Crippen LogP contribution is -2.44. The lowest BCUT2D eigenvalue weighted by molar-refractivity contribution is -0.137. The highest BCUT2D eigenvalue weighted by Crippen LogP contribution is 2.35. The number of amides is 1. The molecule has 21 heavy (non-hydrogen) atoms. The van der Waals surface area contributed by atoms with Crippen LogP contribution in [0, 0.1) is 5.82 Å². The number of aliphatic hydroxyl groups is 1. The molecule has 1 aliphatic rings. The molecule has 0 fully saturated rings. The molecule has 1 aliphatic heterocycles. The summed E-state index contributed by atoms with van der Waals surface area (Å²) in [7, 11) is 1.85. The number of fused-ring (bicyclic) bond motifs is 3. The number of carbonyl (C=O) groups excluding carboxylic acids is 1. The van der Waals surface area contributed by atoms with E-state index in [1.54, 1.807) is 11.0 Å². The van der Waals surface area contributed by atoms with Crippen molar-refractivity contribution in [3.8, 4) is 0 Å². The summed E-state index contributed by atoms with van der Waals surface area (Å²) in [6.45, 7) is 1.86. The molecular formula is C15H16BrFN2O2. The van der Waals surface area contributed by atoms with Gasteiger partial charge in [-0.05, 0) is 28.9 Å². The van der Waals surface area contributed by atoms with E-state index in [1.165, 1.54) is 0 Å². The molecule has 0 aliphatic carbocycles. The summed E-state index contributed by atoms with van der Waals surface area (Å²) in [5.41, 5.74) is 2.58. The van der Waals surface area contributed by atoms with Gasteiger partial charge in [-0.25, -0.2) is 4.39 Å². The Morgan fingerprint density at radius 2 is 2.24 bits per heavy atom. The average molecular weight is 355 g/mol. The molecule has 4 nitrogen and oxygen atoms in total. The Balaban J connectivity index is 2.20. The molecule has 0 bridgehead atoms. The first-order valence-corrected chi connectivity index (χ1v) is 7.59. The molecule has 1 N–H and O–H groups in total. The maximum absolute atomic E-state index is 14.4. The van der Waals surface area contributed by atoms with E-state index in [0.717, 1.165) is 16.6 Å². The van der Waals surface area contributed by atoms with Crippen molar-refractivity contribution in [2.75, 3.05) is 6.61 Å². The molecule has 3 rings (SSSR count). The van der Waals surface area contributed by atoms with Crippen LogP contribution in [0.15, 0.2) is 16.6 Å². The molecule has 0 saturated carbocycles. The number of halogens is 2. The molecule has 0 unspecified atom stereocenters. The van der Waals surface area contributed by atoms with Gasteiger partial charge >= 0.3 is 0 Å². The standard InChI is InChI=1S/C15H16BrFN2O2/c1-8-5-12-10(6-19(8)13(21)7-20)9-3-4-11(16)14(17)15(9)18(12)2/h3-4,8,20H,5-7H2,1-2H3/t8-/m1/s1. The Morgan fingerprint density at radius 3 is 2.90 bits per heavy atom. The Labute approximate surface area is 130 Å². The Kier molecular flexibility index (Phi) is 3.53. The second-order valence-corrected chi connectivity index (χ2v) is 6.33. The number of rotatable bonds is 1. The highest BCUT2D eigenvalue weighted by molar-refractivity contribution is 9.10. The molecule has 1 aromatic carbocycles. The van der Waals surface area contributed by atoms with E-state index in [1.807, 2.05) is 24.6 Å². The van der Waals surface area contributed by atoms with Gasteiger partial charge in [0.15, 0.2) is 5.82 Å². The van der Waals surface area contributed by atoms with Crippen LogP contribution in [-0.2, 0) is 24.8 Å². The average Bonchev–Trinajstić information content (AvgIpc) is 2.74. The SMILES string of the molecule is C[C@@H]1Cc2c(c3ccc(Br)c(F)c3n2C)CN1C(=O)CO. The molecule has 2 aromatic rings. The monoisotopic (exact) mass is 354 g/mol. The smallest absolute Gasteiger partial charge is 0.248 e. The Bertz CT molecular complexity index is 741. The molecular weight excluding hydrogens is 339 g/mol. The van der Waals surface area contributed by atoms with Gasteiger partial charge in [0.1, 0.15) is 6.61 Å². The minimum absolute atomic E-state index is 0.00772.